The predicted molar refractivity (Wildman–Crippen MR) is 105 cm³/mol. The van der Waals surface area contributed by atoms with Gasteiger partial charge in [0.05, 0.1) is 6.61 Å². The van der Waals surface area contributed by atoms with Gasteiger partial charge in [-0.1, -0.05) is 26.0 Å². The van der Waals surface area contributed by atoms with Crippen LogP contribution in [0.1, 0.15) is 31.4 Å². The van der Waals surface area contributed by atoms with Crippen LogP contribution >= 0.6 is 0 Å². The van der Waals surface area contributed by atoms with Crippen LogP contribution in [0.5, 0.6) is 11.5 Å². The molecule has 29 heavy (non-hydrogen) atoms. The number of esters is 1. The molecule has 0 unspecified atom stereocenters. The molecule has 0 bridgehead atoms. The van der Waals surface area contributed by atoms with E-state index in [1.807, 2.05) is 0 Å². The molecular weight excluding hydrogens is 380 g/mol. The van der Waals surface area contributed by atoms with E-state index in [0.717, 1.165) is 12.2 Å². The van der Waals surface area contributed by atoms with Crippen molar-refractivity contribution in [1.29, 1.82) is 0 Å². The molecule has 1 aliphatic rings. The van der Waals surface area contributed by atoms with Crippen LogP contribution in [0, 0.1) is 5.92 Å². The molecule has 0 atom stereocenters. The third-order valence-corrected chi connectivity index (χ3v) is 4.09. The molecular formula is C22H21F2NO4. The van der Waals surface area contributed by atoms with E-state index in [0.29, 0.717) is 23.7 Å². The van der Waals surface area contributed by atoms with Gasteiger partial charge in [0.15, 0.2) is 5.70 Å². The van der Waals surface area contributed by atoms with Gasteiger partial charge < -0.3 is 14.2 Å². The highest BCUT2D eigenvalue weighted by Gasteiger charge is 2.24. The normalized spacial score (nSPS) is 15.0. The smallest absolute Gasteiger partial charge is 0.387 e. The zero-order valence-electron chi connectivity index (χ0n) is 16.1. The van der Waals surface area contributed by atoms with Crippen molar-refractivity contribution in [1.82, 2.24) is 0 Å². The number of aliphatic imine (C=N–C) groups is 1. The highest BCUT2D eigenvalue weighted by atomic mass is 19.3. The minimum Gasteiger partial charge on any atom is -0.494 e. The summed E-state index contributed by atoms with van der Waals surface area (Å²) in [5.41, 5.74) is 1.39. The van der Waals surface area contributed by atoms with Crippen LogP contribution in [-0.4, -0.2) is 25.1 Å². The standard InChI is InChI=1S/C22H21F2NO4/c1-14(2)11-12-27-17-9-5-16(6-10-17)20-25-19(21(26)29-20)13-15-3-7-18(8-4-15)28-22(23)24/h3-10,13-14,22H,11-12H2,1-2H3/b19-13-. The van der Waals surface area contributed by atoms with Crippen molar-refractivity contribution in [2.24, 2.45) is 10.9 Å². The number of ether oxygens (including phenoxy) is 3. The lowest BCUT2D eigenvalue weighted by Crippen LogP contribution is -2.06. The third-order valence-electron chi connectivity index (χ3n) is 4.09. The summed E-state index contributed by atoms with van der Waals surface area (Å²) in [6, 6.07) is 13.0. The molecule has 3 rings (SSSR count). The van der Waals surface area contributed by atoms with Gasteiger partial charge >= 0.3 is 12.6 Å². The number of hydrogen-bond acceptors (Lipinski definition) is 5. The summed E-state index contributed by atoms with van der Waals surface area (Å²) in [6.45, 7) is 2.02. The summed E-state index contributed by atoms with van der Waals surface area (Å²) in [7, 11) is 0. The molecule has 0 aliphatic carbocycles. The molecule has 2 aromatic rings. The number of rotatable bonds is 8. The van der Waals surface area contributed by atoms with Gasteiger partial charge in [-0.05, 0) is 60.4 Å². The van der Waals surface area contributed by atoms with Crippen molar-refractivity contribution >= 4 is 17.9 Å². The molecule has 1 aliphatic heterocycles. The Labute approximate surface area is 167 Å². The van der Waals surface area contributed by atoms with E-state index in [2.05, 4.69) is 23.6 Å². The van der Waals surface area contributed by atoms with Crippen LogP contribution in [0.4, 0.5) is 8.78 Å². The Bertz CT molecular complexity index is 903. The van der Waals surface area contributed by atoms with Gasteiger partial charge in [0, 0.05) is 5.56 Å². The molecule has 0 saturated heterocycles. The molecule has 152 valence electrons. The molecule has 2 aromatic carbocycles. The zero-order valence-corrected chi connectivity index (χ0v) is 16.1. The number of cyclic esters (lactones) is 1. The van der Waals surface area contributed by atoms with Gasteiger partial charge in [0.25, 0.3) is 0 Å². The van der Waals surface area contributed by atoms with Crippen molar-refractivity contribution in [3.8, 4) is 11.5 Å². The van der Waals surface area contributed by atoms with E-state index in [-0.39, 0.29) is 17.3 Å². The Hall–Kier alpha value is -3.22. The average Bonchev–Trinajstić information content (AvgIpc) is 3.04. The second kappa shape index (κ2) is 9.32. The number of halogens is 2. The van der Waals surface area contributed by atoms with Crippen LogP contribution < -0.4 is 9.47 Å². The number of alkyl halides is 2. The highest BCUT2D eigenvalue weighted by molar-refractivity contribution is 6.12. The number of carbonyl (C=O) groups excluding carboxylic acids is 1. The first-order chi connectivity index (χ1) is 13.9. The number of benzene rings is 2. The monoisotopic (exact) mass is 401 g/mol. The molecule has 0 aromatic heterocycles. The quantitative estimate of drug-likeness (QED) is 0.458. The van der Waals surface area contributed by atoms with Crippen molar-refractivity contribution < 1.29 is 27.8 Å². The summed E-state index contributed by atoms with van der Waals surface area (Å²) >= 11 is 0. The molecule has 0 radical (unpaired) electrons. The van der Waals surface area contributed by atoms with Crippen molar-refractivity contribution in [3.05, 3.63) is 65.4 Å². The molecule has 7 heteroatoms. The molecule has 1 heterocycles. The Morgan fingerprint density at radius 1 is 1.03 bits per heavy atom. The van der Waals surface area contributed by atoms with Gasteiger partial charge in [-0.25, -0.2) is 9.79 Å². The zero-order chi connectivity index (χ0) is 20.8. The Kier molecular flexibility index (Phi) is 6.59. The van der Waals surface area contributed by atoms with Gasteiger partial charge in [-0.2, -0.15) is 8.78 Å². The van der Waals surface area contributed by atoms with Gasteiger partial charge in [0.2, 0.25) is 5.90 Å². The maximum Gasteiger partial charge on any atom is 0.387 e. The second-order valence-electron chi connectivity index (χ2n) is 6.84. The van der Waals surface area contributed by atoms with E-state index in [1.165, 1.54) is 18.2 Å². The van der Waals surface area contributed by atoms with E-state index in [4.69, 9.17) is 9.47 Å². The fourth-order valence-electron chi connectivity index (χ4n) is 2.54. The lowest BCUT2D eigenvalue weighted by molar-refractivity contribution is -0.129. The first-order valence-corrected chi connectivity index (χ1v) is 9.21. The Morgan fingerprint density at radius 2 is 1.69 bits per heavy atom. The highest BCUT2D eigenvalue weighted by Crippen LogP contribution is 2.22. The topological polar surface area (TPSA) is 57.1 Å². The molecule has 0 amide bonds. The predicted octanol–water partition coefficient (Wildman–Crippen LogP) is 5.06. The van der Waals surface area contributed by atoms with Crippen LogP contribution in [0.2, 0.25) is 0 Å². The summed E-state index contributed by atoms with van der Waals surface area (Å²) in [4.78, 5) is 16.3. The van der Waals surface area contributed by atoms with Gasteiger partial charge in [0.1, 0.15) is 11.5 Å². The fourth-order valence-corrected chi connectivity index (χ4v) is 2.54. The minimum absolute atomic E-state index is 0.0380. The molecule has 5 nitrogen and oxygen atoms in total. The molecule has 0 saturated carbocycles. The third kappa shape index (κ3) is 5.88. The Balaban J connectivity index is 1.68. The number of carbonyl (C=O) groups is 1. The second-order valence-corrected chi connectivity index (χ2v) is 6.84. The van der Waals surface area contributed by atoms with E-state index >= 15 is 0 Å². The SMILES string of the molecule is CC(C)CCOc1ccc(C2=N/C(=C\c3ccc(OC(F)F)cc3)C(=O)O2)cc1. The van der Waals surface area contributed by atoms with Crippen molar-refractivity contribution in [2.45, 2.75) is 26.9 Å². The summed E-state index contributed by atoms with van der Waals surface area (Å²) in [6.07, 6.45) is 2.49. The summed E-state index contributed by atoms with van der Waals surface area (Å²) < 4.78 is 39.6. The lowest BCUT2D eigenvalue weighted by atomic mass is 10.1. The van der Waals surface area contributed by atoms with Gasteiger partial charge in [-0.15, -0.1) is 0 Å². The van der Waals surface area contributed by atoms with Crippen LogP contribution in [-0.2, 0) is 9.53 Å². The number of hydrogen-bond donors (Lipinski definition) is 0. The first kappa shape index (κ1) is 20.5. The fraction of sp³-hybridized carbons (Fsp3) is 0.273. The summed E-state index contributed by atoms with van der Waals surface area (Å²) in [5, 5.41) is 0. The van der Waals surface area contributed by atoms with Crippen LogP contribution in [0.25, 0.3) is 6.08 Å². The molecule has 0 N–H and O–H groups in total. The van der Waals surface area contributed by atoms with E-state index in [1.54, 1.807) is 36.4 Å². The first-order valence-electron chi connectivity index (χ1n) is 9.21. The van der Waals surface area contributed by atoms with E-state index in [9.17, 15) is 13.6 Å². The molecule has 0 fully saturated rings. The van der Waals surface area contributed by atoms with Crippen molar-refractivity contribution in [3.63, 3.8) is 0 Å². The Morgan fingerprint density at radius 3 is 2.31 bits per heavy atom. The van der Waals surface area contributed by atoms with Gasteiger partial charge in [-0.3, -0.25) is 0 Å². The van der Waals surface area contributed by atoms with Crippen molar-refractivity contribution in [2.75, 3.05) is 6.61 Å². The maximum absolute atomic E-state index is 12.2. The molecule has 0 spiro atoms. The largest absolute Gasteiger partial charge is 0.494 e. The van der Waals surface area contributed by atoms with Crippen LogP contribution in [0.3, 0.4) is 0 Å². The van der Waals surface area contributed by atoms with Crippen LogP contribution in [0.15, 0.2) is 59.2 Å². The average molecular weight is 401 g/mol. The number of nitrogens with zero attached hydrogens (tertiary/aromatic N) is 1. The van der Waals surface area contributed by atoms with E-state index < -0.39 is 12.6 Å². The summed E-state index contributed by atoms with van der Waals surface area (Å²) in [5.74, 6) is 0.967. The maximum atomic E-state index is 12.2. The lowest BCUT2D eigenvalue weighted by Gasteiger charge is -2.08. The minimum atomic E-state index is -2.89.